The number of nitrogens with two attached hydrogens (primary N) is 1. The van der Waals surface area contributed by atoms with Gasteiger partial charge in [-0.1, -0.05) is 52.0 Å². The number of aromatic nitrogens is 2. The highest BCUT2D eigenvalue weighted by molar-refractivity contribution is 9.10. The molecule has 0 bridgehead atoms. The number of nitrogen functional groups attached to an aromatic ring is 1. The predicted octanol–water partition coefficient (Wildman–Crippen LogP) is 4.72. The quantitative estimate of drug-likeness (QED) is 0.648. The summed E-state index contributed by atoms with van der Waals surface area (Å²) in [5.74, 6) is 0.603. The van der Waals surface area contributed by atoms with Crippen molar-refractivity contribution in [2.45, 2.75) is 9.92 Å². The van der Waals surface area contributed by atoms with Gasteiger partial charge in [0.05, 0.1) is 0 Å². The molecule has 1 heterocycles. The van der Waals surface area contributed by atoms with Crippen LogP contribution in [-0.2, 0) is 0 Å². The Morgan fingerprint density at radius 3 is 2.59 bits per heavy atom. The van der Waals surface area contributed by atoms with Gasteiger partial charge in [-0.3, -0.25) is 0 Å². The minimum atomic E-state index is 0.538. The maximum atomic E-state index is 6.20. The van der Waals surface area contributed by atoms with E-state index in [0.717, 1.165) is 20.1 Å². The number of anilines is 3. The van der Waals surface area contributed by atoms with Crippen LogP contribution < -0.4 is 11.1 Å². The zero-order valence-electron chi connectivity index (χ0n) is 11.5. The van der Waals surface area contributed by atoms with Crippen molar-refractivity contribution in [2.75, 3.05) is 11.1 Å². The largest absolute Gasteiger partial charge is 0.394 e. The van der Waals surface area contributed by atoms with Crippen LogP contribution in [0.2, 0.25) is 0 Å². The zero-order valence-corrected chi connectivity index (χ0v) is 13.9. The average Bonchev–Trinajstić information content (AvgIpc) is 2.52. The van der Waals surface area contributed by atoms with Crippen LogP contribution in [0.1, 0.15) is 0 Å². The molecule has 3 aromatic rings. The monoisotopic (exact) mass is 372 g/mol. The number of hydrogen-bond acceptors (Lipinski definition) is 5. The molecule has 1 aromatic heterocycles. The molecular weight excluding hydrogens is 360 g/mol. The van der Waals surface area contributed by atoms with Gasteiger partial charge >= 0.3 is 0 Å². The Kier molecular flexibility index (Phi) is 4.60. The van der Waals surface area contributed by atoms with Crippen molar-refractivity contribution in [3.05, 3.63) is 65.4 Å². The van der Waals surface area contributed by atoms with Crippen molar-refractivity contribution in [1.29, 1.82) is 0 Å². The molecule has 4 nitrogen and oxygen atoms in total. The summed E-state index contributed by atoms with van der Waals surface area (Å²) in [4.78, 5) is 9.59. The van der Waals surface area contributed by atoms with Gasteiger partial charge in [-0.15, -0.1) is 0 Å². The number of hydrogen-bond donors (Lipinski definition) is 2. The summed E-state index contributed by atoms with van der Waals surface area (Å²) in [7, 11) is 0. The van der Waals surface area contributed by atoms with Crippen molar-refractivity contribution in [3.8, 4) is 0 Å². The fourth-order valence-electron chi connectivity index (χ4n) is 1.86. The third-order valence-electron chi connectivity index (χ3n) is 2.89. The molecule has 0 fully saturated rings. The summed E-state index contributed by atoms with van der Waals surface area (Å²) < 4.78 is 0.990. The van der Waals surface area contributed by atoms with Gasteiger partial charge in [-0.25, -0.2) is 9.97 Å². The molecule has 110 valence electrons. The van der Waals surface area contributed by atoms with E-state index in [0.29, 0.717) is 11.5 Å². The Bertz CT molecular complexity index is 780. The highest BCUT2D eigenvalue weighted by atomic mass is 79.9. The molecule has 22 heavy (non-hydrogen) atoms. The molecule has 0 aliphatic rings. The van der Waals surface area contributed by atoms with Crippen molar-refractivity contribution in [1.82, 2.24) is 9.97 Å². The standard InChI is InChI=1S/C16H13BrN4S/c17-11-5-4-6-12(9-11)21-15-14(18)16(20-10-19-15)22-13-7-2-1-3-8-13/h1-10H,18H2,(H,19,20,21). The first-order chi connectivity index (χ1) is 10.7. The molecule has 3 N–H and O–H groups in total. The summed E-state index contributed by atoms with van der Waals surface area (Å²) in [6.45, 7) is 0. The molecule has 0 saturated carbocycles. The Balaban J connectivity index is 1.86. The molecule has 0 aliphatic heterocycles. The van der Waals surface area contributed by atoms with Gasteiger partial charge in [-0.05, 0) is 30.3 Å². The number of benzene rings is 2. The number of nitrogens with one attached hydrogen (secondary N) is 1. The first-order valence-electron chi connectivity index (χ1n) is 6.58. The van der Waals surface area contributed by atoms with E-state index in [4.69, 9.17) is 5.73 Å². The van der Waals surface area contributed by atoms with Gasteiger partial charge in [0.2, 0.25) is 0 Å². The third-order valence-corrected chi connectivity index (χ3v) is 4.41. The summed E-state index contributed by atoms with van der Waals surface area (Å²) in [6, 6.07) is 17.8. The third kappa shape index (κ3) is 3.58. The highest BCUT2D eigenvalue weighted by Gasteiger charge is 2.10. The lowest BCUT2D eigenvalue weighted by Gasteiger charge is -2.11. The number of nitrogens with zero attached hydrogens (tertiary/aromatic N) is 2. The van der Waals surface area contributed by atoms with Crippen LogP contribution in [-0.4, -0.2) is 9.97 Å². The van der Waals surface area contributed by atoms with E-state index in [1.54, 1.807) is 0 Å². The van der Waals surface area contributed by atoms with Gasteiger partial charge in [0.1, 0.15) is 17.0 Å². The fourth-order valence-corrected chi connectivity index (χ4v) is 3.09. The molecule has 0 amide bonds. The number of halogens is 1. The lowest BCUT2D eigenvalue weighted by Crippen LogP contribution is -2.02. The molecule has 2 aromatic carbocycles. The minimum Gasteiger partial charge on any atom is -0.394 e. The van der Waals surface area contributed by atoms with Crippen LogP contribution in [0.15, 0.2) is 75.3 Å². The van der Waals surface area contributed by atoms with Crippen LogP contribution in [0.3, 0.4) is 0 Å². The summed E-state index contributed by atoms with van der Waals surface area (Å²) >= 11 is 4.96. The van der Waals surface area contributed by atoms with E-state index in [1.807, 2.05) is 54.6 Å². The second-order valence-electron chi connectivity index (χ2n) is 4.49. The Labute approximate surface area is 141 Å². The van der Waals surface area contributed by atoms with E-state index in [1.165, 1.54) is 18.1 Å². The second kappa shape index (κ2) is 6.81. The van der Waals surface area contributed by atoms with Crippen LogP contribution in [0.25, 0.3) is 0 Å². The Morgan fingerprint density at radius 1 is 1.00 bits per heavy atom. The molecule has 0 atom stereocenters. The predicted molar refractivity (Wildman–Crippen MR) is 94.4 cm³/mol. The van der Waals surface area contributed by atoms with Gasteiger partial charge in [0, 0.05) is 15.1 Å². The number of rotatable bonds is 4. The molecule has 3 rings (SSSR count). The van der Waals surface area contributed by atoms with E-state index >= 15 is 0 Å². The van der Waals surface area contributed by atoms with Crippen molar-refractivity contribution in [2.24, 2.45) is 0 Å². The van der Waals surface area contributed by atoms with Gasteiger partial charge < -0.3 is 11.1 Å². The molecule has 0 radical (unpaired) electrons. The minimum absolute atomic E-state index is 0.538. The lowest BCUT2D eigenvalue weighted by atomic mass is 10.3. The van der Waals surface area contributed by atoms with Crippen LogP contribution >= 0.6 is 27.7 Å². The van der Waals surface area contributed by atoms with Gasteiger partial charge in [0.15, 0.2) is 5.82 Å². The topological polar surface area (TPSA) is 63.8 Å². The smallest absolute Gasteiger partial charge is 0.158 e. The van der Waals surface area contributed by atoms with E-state index in [2.05, 4.69) is 31.2 Å². The van der Waals surface area contributed by atoms with Crippen LogP contribution in [0.5, 0.6) is 0 Å². The van der Waals surface area contributed by atoms with E-state index in [-0.39, 0.29) is 0 Å². The second-order valence-corrected chi connectivity index (χ2v) is 6.47. The first-order valence-corrected chi connectivity index (χ1v) is 8.19. The molecule has 0 spiro atoms. The average molecular weight is 373 g/mol. The molecule has 6 heteroatoms. The van der Waals surface area contributed by atoms with Gasteiger partial charge in [-0.2, -0.15) is 0 Å². The molecule has 0 aliphatic carbocycles. The first kappa shape index (κ1) is 14.9. The van der Waals surface area contributed by atoms with Gasteiger partial charge in [0.25, 0.3) is 0 Å². The fraction of sp³-hybridized carbons (Fsp3) is 0. The van der Waals surface area contributed by atoms with E-state index < -0.39 is 0 Å². The maximum Gasteiger partial charge on any atom is 0.158 e. The lowest BCUT2D eigenvalue weighted by molar-refractivity contribution is 1.06. The normalized spacial score (nSPS) is 10.4. The summed E-state index contributed by atoms with van der Waals surface area (Å²) in [5.41, 5.74) is 7.65. The van der Waals surface area contributed by atoms with Crippen molar-refractivity contribution < 1.29 is 0 Å². The molecule has 0 saturated heterocycles. The maximum absolute atomic E-state index is 6.20. The van der Waals surface area contributed by atoms with Crippen LogP contribution in [0.4, 0.5) is 17.2 Å². The Morgan fingerprint density at radius 2 is 1.82 bits per heavy atom. The van der Waals surface area contributed by atoms with E-state index in [9.17, 15) is 0 Å². The highest BCUT2D eigenvalue weighted by Crippen LogP contribution is 2.33. The molecular formula is C16H13BrN4S. The van der Waals surface area contributed by atoms with Crippen molar-refractivity contribution in [3.63, 3.8) is 0 Å². The Hall–Kier alpha value is -2.05. The van der Waals surface area contributed by atoms with Crippen molar-refractivity contribution >= 4 is 44.9 Å². The molecule has 0 unspecified atom stereocenters. The summed E-state index contributed by atoms with van der Waals surface area (Å²) in [6.07, 6.45) is 1.52. The SMILES string of the molecule is Nc1c(Nc2cccc(Br)c2)ncnc1Sc1ccccc1. The summed E-state index contributed by atoms with van der Waals surface area (Å²) in [5, 5.41) is 3.95. The van der Waals surface area contributed by atoms with Crippen LogP contribution in [0, 0.1) is 0 Å². The zero-order chi connectivity index (χ0) is 15.4.